The minimum absolute atomic E-state index is 0.0937. The van der Waals surface area contributed by atoms with Crippen LogP contribution in [0.2, 0.25) is 5.02 Å². The van der Waals surface area contributed by atoms with Crippen LogP contribution in [-0.2, 0) is 11.2 Å². The van der Waals surface area contributed by atoms with Gasteiger partial charge in [-0.15, -0.1) is 0 Å². The number of halogens is 1. The van der Waals surface area contributed by atoms with Crippen molar-refractivity contribution in [2.24, 2.45) is 11.6 Å². The van der Waals surface area contributed by atoms with Gasteiger partial charge in [0.05, 0.1) is 19.2 Å². The molecule has 0 radical (unpaired) electrons. The molecule has 1 fully saturated rings. The normalized spacial score (nSPS) is 20.0. The number of para-hydroxylation sites is 1. The van der Waals surface area contributed by atoms with E-state index in [-0.39, 0.29) is 24.3 Å². The fourth-order valence-electron chi connectivity index (χ4n) is 4.71. The first-order valence-corrected chi connectivity index (χ1v) is 12.4. The molecule has 190 valence electrons. The molecule has 2 aliphatic heterocycles. The van der Waals surface area contributed by atoms with Gasteiger partial charge in [-0.1, -0.05) is 41.9 Å². The van der Waals surface area contributed by atoms with Gasteiger partial charge in [0.2, 0.25) is 0 Å². The Labute approximate surface area is 216 Å². The van der Waals surface area contributed by atoms with Crippen molar-refractivity contribution in [2.45, 2.75) is 25.3 Å². The number of ketones is 1. The second-order valence-electron chi connectivity index (χ2n) is 9.12. The number of piperidine rings is 1. The van der Waals surface area contributed by atoms with Gasteiger partial charge in [0.1, 0.15) is 11.4 Å². The van der Waals surface area contributed by atoms with Crippen LogP contribution in [-0.4, -0.2) is 65.8 Å². The van der Waals surface area contributed by atoms with Crippen molar-refractivity contribution >= 4 is 23.3 Å². The standard InChI is InChI=1S/C27H32ClN5O3/c1-36-25-11-5-3-9-22(25)24(34)18-32-13-14-33(30)26(27(32)35)20(15-19-7-2-4-10-23(19)28)16-31-12-6-8-21(29)17-31/h2-5,7,9-11,13-14,21H,6,8,12,15-18,29-30H2,1H3/b26-20-. The minimum atomic E-state index is -0.341. The molecule has 2 aromatic carbocycles. The smallest absolute Gasteiger partial charge is 0.276 e. The van der Waals surface area contributed by atoms with Crippen LogP contribution in [0.1, 0.15) is 28.8 Å². The maximum atomic E-state index is 13.7. The van der Waals surface area contributed by atoms with E-state index in [4.69, 9.17) is 27.9 Å². The summed E-state index contributed by atoms with van der Waals surface area (Å²) in [7, 11) is 1.51. The summed E-state index contributed by atoms with van der Waals surface area (Å²) < 4.78 is 5.32. The molecule has 1 saturated heterocycles. The third-order valence-corrected chi connectivity index (χ3v) is 6.87. The number of carbonyl (C=O) groups excluding carboxylic acids is 2. The maximum Gasteiger partial charge on any atom is 0.276 e. The van der Waals surface area contributed by atoms with Gasteiger partial charge in [-0.2, -0.15) is 0 Å². The lowest BCUT2D eigenvalue weighted by atomic mass is 9.99. The number of hydrazine groups is 1. The Kier molecular flexibility index (Phi) is 8.43. The van der Waals surface area contributed by atoms with E-state index >= 15 is 0 Å². The Morgan fingerprint density at radius 2 is 1.86 bits per heavy atom. The number of benzene rings is 2. The number of likely N-dealkylation sites (tertiary alicyclic amines) is 1. The van der Waals surface area contributed by atoms with Crippen molar-refractivity contribution < 1.29 is 14.3 Å². The average molecular weight is 510 g/mol. The second kappa shape index (κ2) is 11.7. The van der Waals surface area contributed by atoms with Gasteiger partial charge in [-0.05, 0) is 55.1 Å². The molecular weight excluding hydrogens is 478 g/mol. The molecular formula is C27H32ClN5O3. The number of methoxy groups -OCH3 is 1. The van der Waals surface area contributed by atoms with Crippen molar-refractivity contribution in [2.75, 3.05) is 33.3 Å². The number of amides is 1. The summed E-state index contributed by atoms with van der Waals surface area (Å²) in [5, 5.41) is 1.96. The van der Waals surface area contributed by atoms with Crippen molar-refractivity contribution in [3.8, 4) is 5.75 Å². The second-order valence-corrected chi connectivity index (χ2v) is 9.53. The summed E-state index contributed by atoms with van der Waals surface area (Å²) in [6, 6.07) is 14.6. The van der Waals surface area contributed by atoms with E-state index in [0.717, 1.165) is 37.1 Å². The quantitative estimate of drug-likeness (QED) is 0.320. The van der Waals surface area contributed by atoms with Gasteiger partial charge in [-0.25, -0.2) is 5.84 Å². The Balaban J connectivity index is 1.65. The van der Waals surface area contributed by atoms with Crippen LogP contribution in [0, 0.1) is 0 Å². The van der Waals surface area contributed by atoms with Crippen LogP contribution in [0.4, 0.5) is 0 Å². The van der Waals surface area contributed by atoms with Crippen LogP contribution < -0.4 is 16.3 Å². The molecule has 2 aromatic rings. The fourth-order valence-corrected chi connectivity index (χ4v) is 4.91. The number of hydrogen-bond donors (Lipinski definition) is 2. The third kappa shape index (κ3) is 5.96. The topological polar surface area (TPSA) is 105 Å². The van der Waals surface area contributed by atoms with E-state index in [1.54, 1.807) is 30.5 Å². The molecule has 0 aliphatic carbocycles. The van der Waals surface area contributed by atoms with E-state index in [1.807, 2.05) is 24.3 Å². The van der Waals surface area contributed by atoms with Crippen LogP contribution in [0.3, 0.4) is 0 Å². The van der Waals surface area contributed by atoms with E-state index in [1.165, 1.54) is 23.2 Å². The highest BCUT2D eigenvalue weighted by Gasteiger charge is 2.31. The molecule has 0 aromatic heterocycles. The van der Waals surface area contributed by atoms with Gasteiger partial charge in [0.15, 0.2) is 5.78 Å². The molecule has 9 heteroatoms. The zero-order valence-corrected chi connectivity index (χ0v) is 21.2. The lowest BCUT2D eigenvalue weighted by Crippen LogP contribution is -2.47. The number of carbonyl (C=O) groups is 2. The Bertz CT molecular complexity index is 1180. The summed E-state index contributed by atoms with van der Waals surface area (Å²) in [6.07, 6.45) is 5.55. The summed E-state index contributed by atoms with van der Waals surface area (Å²) in [5.41, 5.74) is 8.69. The number of rotatable bonds is 8. The zero-order chi connectivity index (χ0) is 25.7. The Morgan fingerprint density at radius 3 is 2.61 bits per heavy atom. The highest BCUT2D eigenvalue weighted by Crippen LogP contribution is 2.26. The molecule has 36 heavy (non-hydrogen) atoms. The van der Waals surface area contributed by atoms with Crippen LogP contribution in [0.5, 0.6) is 5.75 Å². The summed E-state index contributed by atoms with van der Waals surface area (Å²) in [4.78, 5) is 30.4. The highest BCUT2D eigenvalue weighted by molar-refractivity contribution is 6.31. The van der Waals surface area contributed by atoms with Crippen molar-refractivity contribution in [3.63, 3.8) is 0 Å². The number of hydrogen-bond acceptors (Lipinski definition) is 7. The molecule has 1 amide bonds. The van der Waals surface area contributed by atoms with Crippen molar-refractivity contribution in [1.82, 2.24) is 14.8 Å². The zero-order valence-electron chi connectivity index (χ0n) is 20.4. The first kappa shape index (κ1) is 25.9. The van der Waals surface area contributed by atoms with Gasteiger partial charge in [0.25, 0.3) is 5.91 Å². The molecule has 1 atom stereocenters. The predicted octanol–water partition coefficient (Wildman–Crippen LogP) is 2.94. The monoisotopic (exact) mass is 509 g/mol. The van der Waals surface area contributed by atoms with E-state index < -0.39 is 0 Å². The van der Waals surface area contributed by atoms with E-state index in [0.29, 0.717) is 35.0 Å². The largest absolute Gasteiger partial charge is 0.496 e. The minimum Gasteiger partial charge on any atom is -0.496 e. The molecule has 4 rings (SSSR count). The summed E-state index contributed by atoms with van der Waals surface area (Å²) in [5.74, 6) is 6.20. The molecule has 0 spiro atoms. The van der Waals surface area contributed by atoms with Gasteiger partial charge >= 0.3 is 0 Å². The Hall–Kier alpha value is -3.17. The number of nitrogens with zero attached hydrogens (tertiary/aromatic N) is 3. The van der Waals surface area contributed by atoms with Gasteiger partial charge in [0, 0.05) is 36.6 Å². The lowest BCUT2D eigenvalue weighted by Gasteiger charge is -2.35. The molecule has 8 nitrogen and oxygen atoms in total. The van der Waals surface area contributed by atoms with Crippen LogP contribution in [0.15, 0.2) is 72.2 Å². The summed E-state index contributed by atoms with van der Waals surface area (Å²) in [6.45, 7) is 2.01. The molecule has 0 bridgehead atoms. The molecule has 0 saturated carbocycles. The van der Waals surface area contributed by atoms with Crippen molar-refractivity contribution in [1.29, 1.82) is 0 Å². The van der Waals surface area contributed by atoms with Crippen LogP contribution in [0.25, 0.3) is 0 Å². The fraction of sp³-hybridized carbons (Fsp3) is 0.333. The number of nitrogens with two attached hydrogens (primary N) is 2. The van der Waals surface area contributed by atoms with E-state index in [2.05, 4.69) is 4.90 Å². The molecule has 1 unspecified atom stereocenters. The Morgan fingerprint density at radius 1 is 1.11 bits per heavy atom. The highest BCUT2D eigenvalue weighted by atomic mass is 35.5. The predicted molar refractivity (Wildman–Crippen MR) is 140 cm³/mol. The third-order valence-electron chi connectivity index (χ3n) is 6.50. The SMILES string of the molecule is COc1ccccc1C(=O)CN1C=CN(N)/C(=C(/Cc2ccccc2Cl)CN2CCCC(N)C2)C1=O. The van der Waals surface area contributed by atoms with Gasteiger partial charge < -0.3 is 15.4 Å². The lowest BCUT2D eigenvalue weighted by molar-refractivity contribution is -0.126. The van der Waals surface area contributed by atoms with Gasteiger partial charge in [-0.3, -0.25) is 19.5 Å². The maximum absolute atomic E-state index is 13.7. The average Bonchev–Trinajstić information content (AvgIpc) is 2.87. The first-order valence-electron chi connectivity index (χ1n) is 12.0. The summed E-state index contributed by atoms with van der Waals surface area (Å²) >= 11 is 6.47. The first-order chi connectivity index (χ1) is 17.4. The number of Topliss-reactive ketones (excluding diaryl/α,β-unsaturated/α-hetero) is 1. The molecule has 2 aliphatic rings. The molecule has 4 N–H and O–H groups in total. The van der Waals surface area contributed by atoms with E-state index in [9.17, 15) is 9.59 Å². The van der Waals surface area contributed by atoms with Crippen molar-refractivity contribution in [3.05, 3.63) is 88.4 Å². The molecule has 2 heterocycles. The van der Waals surface area contributed by atoms with Crippen LogP contribution >= 0.6 is 11.6 Å². The number of ether oxygens (including phenoxy) is 1.